The van der Waals surface area contributed by atoms with Gasteiger partial charge in [-0.25, -0.2) is 0 Å². The standard InChI is InChI=1S/C10H14FNO2S/c1-2-8-15(13,14)12(11)9-10-6-4-3-5-7-10/h3-7H,2,8-9H2,1H3/p+1. The minimum atomic E-state index is -3.66. The average molecular weight is 232 g/mol. The van der Waals surface area contributed by atoms with Gasteiger partial charge in [0.2, 0.25) is 0 Å². The van der Waals surface area contributed by atoms with Gasteiger partial charge in [0.1, 0.15) is 5.75 Å². The fraction of sp³-hybridized carbons (Fsp3) is 0.400. The summed E-state index contributed by atoms with van der Waals surface area (Å²) in [5.41, 5.74) is 0.676. The van der Waals surface area contributed by atoms with E-state index in [-0.39, 0.29) is 12.3 Å². The van der Waals surface area contributed by atoms with Crippen LogP contribution < -0.4 is 4.53 Å². The molecule has 0 amide bonds. The van der Waals surface area contributed by atoms with Gasteiger partial charge in [0, 0.05) is 10.0 Å². The van der Waals surface area contributed by atoms with Crippen molar-refractivity contribution < 1.29 is 17.4 Å². The third-order valence-corrected chi connectivity index (χ3v) is 3.76. The Balaban J connectivity index is 2.68. The highest BCUT2D eigenvalue weighted by Gasteiger charge is 2.25. The van der Waals surface area contributed by atoms with E-state index in [4.69, 9.17) is 0 Å². The molecule has 1 aromatic carbocycles. The van der Waals surface area contributed by atoms with E-state index < -0.39 is 14.6 Å². The fourth-order valence-corrected chi connectivity index (χ4v) is 2.39. The van der Waals surface area contributed by atoms with Crippen LogP contribution in [-0.4, -0.2) is 14.2 Å². The van der Waals surface area contributed by atoms with Crippen LogP contribution in [0, 0.1) is 0 Å². The first-order chi connectivity index (χ1) is 7.06. The molecule has 0 aliphatic rings. The van der Waals surface area contributed by atoms with Crippen LogP contribution in [0.15, 0.2) is 30.3 Å². The summed E-state index contributed by atoms with van der Waals surface area (Å²) in [6.07, 6.45) is 0.435. The van der Waals surface area contributed by atoms with E-state index in [0.29, 0.717) is 12.0 Å². The van der Waals surface area contributed by atoms with Gasteiger partial charge in [-0.15, -0.1) is 0 Å². The molecule has 0 saturated carbocycles. The van der Waals surface area contributed by atoms with Crippen molar-refractivity contribution >= 4 is 10.0 Å². The van der Waals surface area contributed by atoms with E-state index in [9.17, 15) is 12.9 Å². The zero-order valence-electron chi connectivity index (χ0n) is 8.61. The molecule has 0 spiro atoms. The average Bonchev–Trinajstić information content (AvgIpc) is 2.19. The zero-order chi connectivity index (χ0) is 11.3. The van der Waals surface area contributed by atoms with E-state index in [2.05, 4.69) is 0 Å². The molecule has 0 aromatic heterocycles. The van der Waals surface area contributed by atoms with Gasteiger partial charge in [0.05, 0.1) is 0 Å². The van der Waals surface area contributed by atoms with Crippen molar-refractivity contribution in [3.63, 3.8) is 0 Å². The van der Waals surface area contributed by atoms with Crippen LogP contribution in [-0.2, 0) is 16.6 Å². The largest absolute Gasteiger partial charge is 0.331 e. The summed E-state index contributed by atoms with van der Waals surface area (Å²) in [7, 11) is -3.66. The molecule has 1 N–H and O–H groups in total. The molecule has 0 heterocycles. The van der Waals surface area contributed by atoms with Gasteiger partial charge in [-0.05, 0) is 10.9 Å². The minimum absolute atomic E-state index is 0.119. The Morgan fingerprint density at radius 2 is 1.87 bits per heavy atom. The summed E-state index contributed by atoms with van der Waals surface area (Å²) in [6.45, 7) is 1.58. The zero-order valence-corrected chi connectivity index (χ0v) is 9.43. The Kier molecular flexibility index (Phi) is 4.23. The van der Waals surface area contributed by atoms with Crippen molar-refractivity contribution in [2.24, 2.45) is 0 Å². The maximum Gasteiger partial charge on any atom is 0.331 e. The summed E-state index contributed by atoms with van der Waals surface area (Å²) >= 11 is 0. The Labute approximate surface area is 89.5 Å². The molecule has 3 nitrogen and oxygen atoms in total. The predicted octanol–water partition coefficient (Wildman–Crippen LogP) is 0.696. The van der Waals surface area contributed by atoms with Crippen LogP contribution in [0.1, 0.15) is 18.9 Å². The fourth-order valence-electron chi connectivity index (χ4n) is 1.25. The van der Waals surface area contributed by atoms with Crippen molar-refractivity contribution in [3.05, 3.63) is 35.9 Å². The van der Waals surface area contributed by atoms with Gasteiger partial charge >= 0.3 is 10.0 Å². The van der Waals surface area contributed by atoms with E-state index >= 15 is 0 Å². The molecule has 1 unspecified atom stereocenters. The Morgan fingerprint density at radius 3 is 2.40 bits per heavy atom. The lowest BCUT2D eigenvalue weighted by atomic mass is 10.2. The molecular weight excluding hydrogens is 217 g/mol. The molecular formula is C10H15FNO2S+. The van der Waals surface area contributed by atoms with Crippen LogP contribution in [0.3, 0.4) is 0 Å². The highest BCUT2D eigenvalue weighted by Crippen LogP contribution is 1.96. The Bertz CT molecular complexity index is 391. The van der Waals surface area contributed by atoms with Crippen molar-refractivity contribution in [1.82, 2.24) is 0 Å². The lowest BCUT2D eigenvalue weighted by Crippen LogP contribution is -3.05. The number of nitrogens with one attached hydrogen (secondary N) is 1. The second-order valence-corrected chi connectivity index (χ2v) is 5.42. The first-order valence-electron chi connectivity index (χ1n) is 4.84. The van der Waals surface area contributed by atoms with Crippen LogP contribution in [0.4, 0.5) is 4.48 Å². The number of quaternary nitrogens is 1. The quantitative estimate of drug-likeness (QED) is 0.759. The van der Waals surface area contributed by atoms with Crippen LogP contribution in [0.2, 0.25) is 0 Å². The van der Waals surface area contributed by atoms with Crippen LogP contribution in [0.25, 0.3) is 0 Å². The normalized spacial score (nSPS) is 13.7. The van der Waals surface area contributed by atoms with Gasteiger partial charge < -0.3 is 0 Å². The molecule has 0 bridgehead atoms. The van der Waals surface area contributed by atoms with Crippen LogP contribution in [0.5, 0.6) is 0 Å². The molecule has 0 fully saturated rings. The van der Waals surface area contributed by atoms with E-state index in [0.717, 1.165) is 0 Å². The number of benzene rings is 1. The van der Waals surface area contributed by atoms with Crippen LogP contribution >= 0.6 is 0 Å². The van der Waals surface area contributed by atoms with Crippen molar-refractivity contribution in [3.8, 4) is 0 Å². The number of hydrogen-bond donors (Lipinski definition) is 1. The van der Waals surface area contributed by atoms with Crippen molar-refractivity contribution in [2.45, 2.75) is 19.9 Å². The van der Waals surface area contributed by atoms with Gasteiger partial charge in [0.25, 0.3) is 0 Å². The van der Waals surface area contributed by atoms with E-state index in [1.807, 2.05) is 6.07 Å². The van der Waals surface area contributed by atoms with Crippen molar-refractivity contribution in [2.75, 3.05) is 5.75 Å². The van der Waals surface area contributed by atoms with Gasteiger partial charge in [0.15, 0.2) is 6.54 Å². The molecule has 5 heteroatoms. The number of halogens is 1. The van der Waals surface area contributed by atoms with E-state index in [1.54, 1.807) is 31.2 Å². The topological polar surface area (TPSA) is 38.6 Å². The summed E-state index contributed by atoms with van der Waals surface area (Å²) in [6, 6.07) is 8.74. The lowest BCUT2D eigenvalue weighted by molar-refractivity contribution is -0.937. The lowest BCUT2D eigenvalue weighted by Gasteiger charge is -2.06. The molecule has 1 aromatic rings. The minimum Gasteiger partial charge on any atom is -0.170 e. The summed E-state index contributed by atoms with van der Waals surface area (Å²) < 4.78 is 35.1. The third-order valence-electron chi connectivity index (χ3n) is 2.00. The SMILES string of the molecule is CCCS(=O)(=O)[NH+](F)Cc1ccccc1. The summed E-state index contributed by atoms with van der Waals surface area (Å²) in [5, 5.41) is 0. The molecule has 84 valence electrons. The molecule has 0 aliphatic heterocycles. The highest BCUT2D eigenvalue weighted by atomic mass is 32.2. The molecule has 0 saturated heterocycles. The van der Waals surface area contributed by atoms with Gasteiger partial charge in [-0.3, -0.25) is 0 Å². The Morgan fingerprint density at radius 1 is 1.27 bits per heavy atom. The number of rotatable bonds is 5. The molecule has 1 atom stereocenters. The third kappa shape index (κ3) is 3.60. The second kappa shape index (κ2) is 5.23. The highest BCUT2D eigenvalue weighted by molar-refractivity contribution is 7.84. The monoisotopic (exact) mass is 232 g/mol. The summed E-state index contributed by atoms with van der Waals surface area (Å²) in [5.74, 6) is -0.119. The van der Waals surface area contributed by atoms with Gasteiger partial charge in [-0.2, -0.15) is 8.42 Å². The van der Waals surface area contributed by atoms with Gasteiger partial charge in [-0.1, -0.05) is 37.3 Å². The second-order valence-electron chi connectivity index (χ2n) is 3.34. The first kappa shape index (κ1) is 12.1. The maximum atomic E-state index is 13.4. The summed E-state index contributed by atoms with van der Waals surface area (Å²) in [4.78, 5) is 0. The molecule has 0 radical (unpaired) electrons. The molecule has 15 heavy (non-hydrogen) atoms. The Hall–Kier alpha value is -0.940. The maximum absolute atomic E-state index is 13.4. The number of sulfonamides is 1. The molecule has 1 rings (SSSR count). The smallest absolute Gasteiger partial charge is 0.170 e. The number of hydrogen-bond acceptors (Lipinski definition) is 2. The predicted molar refractivity (Wildman–Crippen MR) is 56.3 cm³/mol. The van der Waals surface area contributed by atoms with Crippen molar-refractivity contribution in [1.29, 1.82) is 0 Å². The first-order valence-corrected chi connectivity index (χ1v) is 6.49. The molecule has 0 aliphatic carbocycles. The van der Waals surface area contributed by atoms with E-state index in [1.165, 1.54) is 0 Å².